The number of nitrogens with one attached hydrogen (secondary N) is 1. The van der Waals surface area contributed by atoms with Gasteiger partial charge in [-0.2, -0.15) is 0 Å². The Labute approximate surface area is 103 Å². The smallest absolute Gasteiger partial charge is 0.237 e. The molecule has 0 aliphatic carbocycles. The Morgan fingerprint density at radius 2 is 2.00 bits per heavy atom. The van der Waals surface area contributed by atoms with Gasteiger partial charge in [-0.3, -0.25) is 4.79 Å². The minimum absolute atomic E-state index is 0.0290. The lowest BCUT2D eigenvalue weighted by molar-refractivity contribution is -0.123. The van der Waals surface area contributed by atoms with Gasteiger partial charge in [-0.25, -0.2) is 8.42 Å². The zero-order valence-corrected chi connectivity index (χ0v) is 11.1. The van der Waals surface area contributed by atoms with Gasteiger partial charge < -0.3 is 11.1 Å². The molecule has 1 atom stereocenters. The van der Waals surface area contributed by atoms with Gasteiger partial charge in [-0.05, 0) is 19.3 Å². The predicted octanol–water partition coefficient (Wildman–Crippen LogP) is 0.197. The topological polar surface area (TPSA) is 89.3 Å². The quantitative estimate of drug-likeness (QED) is 0.740. The van der Waals surface area contributed by atoms with E-state index in [4.69, 9.17) is 5.73 Å². The highest BCUT2D eigenvalue weighted by atomic mass is 32.2. The van der Waals surface area contributed by atoms with Crippen molar-refractivity contribution >= 4 is 15.7 Å². The molecule has 1 saturated heterocycles. The average molecular weight is 262 g/mol. The summed E-state index contributed by atoms with van der Waals surface area (Å²) in [6, 6.07) is -0.493. The number of hydrogen-bond donors (Lipinski definition) is 2. The van der Waals surface area contributed by atoms with Gasteiger partial charge in [0.25, 0.3) is 0 Å². The average Bonchev–Trinajstić information content (AvgIpc) is 2.28. The van der Waals surface area contributed by atoms with Gasteiger partial charge in [0.05, 0.1) is 17.5 Å². The summed E-state index contributed by atoms with van der Waals surface area (Å²) < 4.78 is 22.4. The monoisotopic (exact) mass is 262 g/mol. The zero-order valence-electron chi connectivity index (χ0n) is 10.3. The lowest BCUT2D eigenvalue weighted by Gasteiger charge is -2.24. The molecule has 1 amide bonds. The van der Waals surface area contributed by atoms with Crippen molar-refractivity contribution in [3.63, 3.8) is 0 Å². The fourth-order valence-electron chi connectivity index (χ4n) is 1.90. The number of carbonyl (C=O) groups excluding carboxylic acids is 1. The van der Waals surface area contributed by atoms with E-state index >= 15 is 0 Å². The van der Waals surface area contributed by atoms with Crippen LogP contribution in [0.3, 0.4) is 0 Å². The Balaban J connectivity index is 2.32. The Bertz CT molecular complexity index is 340. The molecule has 3 N–H and O–H groups in total. The van der Waals surface area contributed by atoms with Gasteiger partial charge in [0.2, 0.25) is 5.91 Å². The maximum Gasteiger partial charge on any atom is 0.237 e. The van der Waals surface area contributed by atoms with Crippen molar-refractivity contribution in [3.05, 3.63) is 0 Å². The molecule has 17 heavy (non-hydrogen) atoms. The number of hydrogen-bond acceptors (Lipinski definition) is 4. The Kier molecular flexibility index (Phi) is 5.39. The third-order valence-electron chi connectivity index (χ3n) is 3.11. The second-order valence-corrected chi connectivity index (χ2v) is 6.99. The number of unbranched alkanes of at least 4 members (excludes halogenated alkanes) is 1. The van der Waals surface area contributed by atoms with Gasteiger partial charge in [-0.15, -0.1) is 0 Å². The van der Waals surface area contributed by atoms with Crippen molar-refractivity contribution in [2.45, 2.75) is 51.1 Å². The molecule has 0 aromatic rings. The highest BCUT2D eigenvalue weighted by molar-refractivity contribution is 7.91. The summed E-state index contributed by atoms with van der Waals surface area (Å²) in [4.78, 5) is 11.7. The molecule has 0 aromatic carbocycles. The number of sulfone groups is 1. The lowest BCUT2D eigenvalue weighted by Crippen LogP contribution is -2.47. The van der Waals surface area contributed by atoms with Crippen LogP contribution in [0.5, 0.6) is 0 Å². The van der Waals surface area contributed by atoms with Gasteiger partial charge in [0.1, 0.15) is 9.84 Å². The number of nitrogens with two attached hydrogens (primary N) is 1. The number of amides is 1. The van der Waals surface area contributed by atoms with Crippen LogP contribution in [0.25, 0.3) is 0 Å². The highest BCUT2D eigenvalue weighted by Crippen LogP contribution is 2.12. The third kappa shape index (κ3) is 5.04. The van der Waals surface area contributed by atoms with Crippen LogP contribution in [0.4, 0.5) is 0 Å². The zero-order chi connectivity index (χ0) is 12.9. The summed E-state index contributed by atoms with van der Waals surface area (Å²) in [7, 11) is -2.87. The first-order chi connectivity index (χ1) is 7.94. The second-order valence-electron chi connectivity index (χ2n) is 4.68. The maximum atomic E-state index is 11.7. The molecule has 1 unspecified atom stereocenters. The second kappa shape index (κ2) is 6.35. The van der Waals surface area contributed by atoms with Crippen molar-refractivity contribution in [2.24, 2.45) is 5.73 Å². The molecule has 1 aliphatic heterocycles. The minimum atomic E-state index is -2.87. The van der Waals surface area contributed by atoms with Crippen LogP contribution in [-0.4, -0.2) is 37.9 Å². The van der Waals surface area contributed by atoms with Crippen LogP contribution in [0.2, 0.25) is 0 Å². The van der Waals surface area contributed by atoms with Crippen LogP contribution in [0.15, 0.2) is 0 Å². The SMILES string of the molecule is CCCCC(N)C(=O)NC1CCS(=O)(=O)CC1. The lowest BCUT2D eigenvalue weighted by atomic mass is 10.1. The van der Waals surface area contributed by atoms with Gasteiger partial charge in [0.15, 0.2) is 0 Å². The van der Waals surface area contributed by atoms with Crippen LogP contribution >= 0.6 is 0 Å². The van der Waals surface area contributed by atoms with Gasteiger partial charge >= 0.3 is 0 Å². The van der Waals surface area contributed by atoms with Crippen LogP contribution in [0.1, 0.15) is 39.0 Å². The molecule has 0 spiro atoms. The largest absolute Gasteiger partial charge is 0.352 e. The van der Waals surface area contributed by atoms with Crippen molar-refractivity contribution in [1.82, 2.24) is 5.32 Å². The molecule has 0 aromatic heterocycles. The highest BCUT2D eigenvalue weighted by Gasteiger charge is 2.25. The fourth-order valence-corrected chi connectivity index (χ4v) is 3.39. The third-order valence-corrected chi connectivity index (χ3v) is 4.82. The van der Waals surface area contributed by atoms with E-state index in [-0.39, 0.29) is 23.5 Å². The first-order valence-electron chi connectivity index (χ1n) is 6.21. The Hall–Kier alpha value is -0.620. The van der Waals surface area contributed by atoms with E-state index in [0.29, 0.717) is 19.3 Å². The molecule has 6 heteroatoms. The van der Waals surface area contributed by atoms with Crippen molar-refractivity contribution < 1.29 is 13.2 Å². The molecule has 5 nitrogen and oxygen atoms in total. The van der Waals surface area contributed by atoms with E-state index in [1.165, 1.54) is 0 Å². The summed E-state index contributed by atoms with van der Waals surface area (Å²) in [6.45, 7) is 2.05. The fraction of sp³-hybridized carbons (Fsp3) is 0.909. The Morgan fingerprint density at radius 1 is 1.41 bits per heavy atom. The summed E-state index contributed by atoms with van der Waals surface area (Å²) in [5.41, 5.74) is 5.74. The molecular formula is C11H22N2O3S. The maximum absolute atomic E-state index is 11.7. The predicted molar refractivity (Wildman–Crippen MR) is 67.3 cm³/mol. The van der Waals surface area contributed by atoms with E-state index in [2.05, 4.69) is 12.2 Å². The van der Waals surface area contributed by atoms with Crippen LogP contribution in [0, 0.1) is 0 Å². The minimum Gasteiger partial charge on any atom is -0.352 e. The first kappa shape index (κ1) is 14.4. The summed E-state index contributed by atoms with van der Waals surface area (Å²) in [6.07, 6.45) is 3.66. The van der Waals surface area contributed by atoms with Gasteiger partial charge in [-0.1, -0.05) is 19.8 Å². The Morgan fingerprint density at radius 3 is 2.53 bits per heavy atom. The first-order valence-corrected chi connectivity index (χ1v) is 8.03. The molecule has 100 valence electrons. The summed E-state index contributed by atoms with van der Waals surface area (Å²) in [5.74, 6) is 0.187. The van der Waals surface area contributed by atoms with E-state index in [0.717, 1.165) is 12.8 Å². The molecule has 0 saturated carbocycles. The molecule has 1 rings (SSSR count). The van der Waals surface area contributed by atoms with Crippen LogP contribution in [-0.2, 0) is 14.6 Å². The summed E-state index contributed by atoms with van der Waals surface area (Å²) in [5, 5.41) is 2.84. The van der Waals surface area contributed by atoms with Crippen molar-refractivity contribution in [1.29, 1.82) is 0 Å². The van der Waals surface area contributed by atoms with Gasteiger partial charge in [0, 0.05) is 6.04 Å². The van der Waals surface area contributed by atoms with E-state index in [9.17, 15) is 13.2 Å². The molecule has 0 radical (unpaired) electrons. The number of rotatable bonds is 5. The molecular weight excluding hydrogens is 240 g/mol. The van der Waals surface area contributed by atoms with Crippen molar-refractivity contribution in [2.75, 3.05) is 11.5 Å². The number of carbonyl (C=O) groups is 1. The van der Waals surface area contributed by atoms with Crippen molar-refractivity contribution in [3.8, 4) is 0 Å². The molecule has 1 fully saturated rings. The normalized spacial score (nSPS) is 22.0. The molecule has 0 bridgehead atoms. The standard InChI is InChI=1S/C11H22N2O3S/c1-2-3-4-10(12)11(14)13-9-5-7-17(15,16)8-6-9/h9-10H,2-8,12H2,1H3,(H,13,14). The van der Waals surface area contributed by atoms with E-state index < -0.39 is 15.9 Å². The van der Waals surface area contributed by atoms with E-state index in [1.807, 2.05) is 0 Å². The summed E-state index contributed by atoms with van der Waals surface area (Å²) >= 11 is 0. The van der Waals surface area contributed by atoms with Crippen LogP contribution < -0.4 is 11.1 Å². The van der Waals surface area contributed by atoms with E-state index in [1.54, 1.807) is 0 Å². The molecule has 1 heterocycles. The molecule has 1 aliphatic rings.